The maximum absolute atomic E-state index is 14.3. The Morgan fingerprint density at radius 2 is 2.05 bits per heavy atom. The summed E-state index contributed by atoms with van der Waals surface area (Å²) in [6.45, 7) is 6.21. The Hall–Kier alpha value is -1.55. The molecule has 0 spiro atoms. The number of anilines is 1. The Labute approximate surface area is 123 Å². The van der Waals surface area contributed by atoms with Crippen LogP contribution in [0.15, 0.2) is 18.2 Å². The van der Waals surface area contributed by atoms with Gasteiger partial charge in [-0.05, 0) is 12.5 Å². The molecule has 1 aromatic carbocycles. The van der Waals surface area contributed by atoms with E-state index >= 15 is 0 Å². The quantitative estimate of drug-likeness (QED) is 0.924. The molecule has 5 heteroatoms. The van der Waals surface area contributed by atoms with Crippen molar-refractivity contribution in [3.8, 4) is 11.1 Å². The van der Waals surface area contributed by atoms with E-state index in [1.54, 1.807) is 23.9 Å². The number of nitrogens with zero attached hydrogens (tertiary/aromatic N) is 2. The van der Waals surface area contributed by atoms with E-state index in [0.717, 1.165) is 12.1 Å². The second kappa shape index (κ2) is 5.09. The van der Waals surface area contributed by atoms with Crippen LogP contribution in [0.2, 0.25) is 5.02 Å². The number of aromatic nitrogens is 2. The van der Waals surface area contributed by atoms with Gasteiger partial charge >= 0.3 is 0 Å². The van der Waals surface area contributed by atoms with Crippen LogP contribution in [0.5, 0.6) is 0 Å². The van der Waals surface area contributed by atoms with E-state index in [1.807, 2.05) is 0 Å². The molecule has 0 saturated carbocycles. The highest BCUT2D eigenvalue weighted by Crippen LogP contribution is 2.40. The number of halogens is 2. The minimum atomic E-state index is -0.456. The van der Waals surface area contributed by atoms with Gasteiger partial charge in [0.25, 0.3) is 0 Å². The molecule has 108 valence electrons. The van der Waals surface area contributed by atoms with Gasteiger partial charge in [0, 0.05) is 18.0 Å². The van der Waals surface area contributed by atoms with Gasteiger partial charge in [0.15, 0.2) is 0 Å². The van der Waals surface area contributed by atoms with Crippen molar-refractivity contribution in [2.75, 3.05) is 5.73 Å². The average Bonchev–Trinajstić information content (AvgIpc) is 2.70. The fraction of sp³-hybridized carbons (Fsp3) is 0.400. The third-order valence-electron chi connectivity index (χ3n) is 3.84. The number of hydrogen-bond acceptors (Lipinski definition) is 2. The first-order valence-corrected chi connectivity index (χ1v) is 6.94. The minimum Gasteiger partial charge on any atom is -0.383 e. The highest BCUT2D eigenvalue weighted by Gasteiger charge is 2.29. The molecule has 0 saturated heterocycles. The van der Waals surface area contributed by atoms with E-state index in [0.29, 0.717) is 16.9 Å². The van der Waals surface area contributed by atoms with Crippen molar-refractivity contribution in [1.82, 2.24) is 9.78 Å². The van der Waals surface area contributed by atoms with Gasteiger partial charge < -0.3 is 5.73 Å². The second-order valence-corrected chi connectivity index (χ2v) is 5.98. The maximum atomic E-state index is 14.3. The highest BCUT2D eigenvalue weighted by molar-refractivity contribution is 6.31. The van der Waals surface area contributed by atoms with E-state index in [4.69, 9.17) is 17.3 Å². The smallest absolute Gasteiger partial charge is 0.149 e. The number of hydrogen-bond donors (Lipinski definition) is 1. The molecule has 0 aliphatic carbocycles. The largest absolute Gasteiger partial charge is 0.383 e. The predicted molar refractivity (Wildman–Crippen MR) is 81.3 cm³/mol. The zero-order chi connectivity index (χ0) is 15.1. The number of nitrogen functional groups attached to an aromatic ring is 1. The summed E-state index contributed by atoms with van der Waals surface area (Å²) < 4.78 is 15.9. The lowest BCUT2D eigenvalue weighted by Gasteiger charge is -2.22. The lowest BCUT2D eigenvalue weighted by Crippen LogP contribution is -2.18. The highest BCUT2D eigenvalue weighted by atomic mass is 35.5. The molecular formula is C15H19ClFN3. The molecule has 0 atom stereocenters. The third kappa shape index (κ3) is 2.29. The Bertz CT molecular complexity index is 647. The zero-order valence-corrected chi connectivity index (χ0v) is 12.9. The first-order chi connectivity index (χ1) is 9.29. The summed E-state index contributed by atoms with van der Waals surface area (Å²) in [5, 5.41) is 4.57. The Morgan fingerprint density at radius 1 is 1.40 bits per heavy atom. The molecule has 0 radical (unpaired) electrons. The molecule has 0 amide bonds. The van der Waals surface area contributed by atoms with Crippen molar-refractivity contribution in [2.24, 2.45) is 7.05 Å². The van der Waals surface area contributed by atoms with Crippen LogP contribution in [0.4, 0.5) is 10.2 Å². The van der Waals surface area contributed by atoms with Crippen LogP contribution in [0.1, 0.15) is 32.9 Å². The van der Waals surface area contributed by atoms with Crippen LogP contribution in [0.3, 0.4) is 0 Å². The maximum Gasteiger partial charge on any atom is 0.149 e. The molecule has 2 N–H and O–H groups in total. The van der Waals surface area contributed by atoms with Gasteiger partial charge in [-0.3, -0.25) is 4.68 Å². The van der Waals surface area contributed by atoms with Gasteiger partial charge in [-0.25, -0.2) is 4.39 Å². The first-order valence-electron chi connectivity index (χ1n) is 6.57. The van der Waals surface area contributed by atoms with Crippen molar-refractivity contribution in [1.29, 1.82) is 0 Å². The summed E-state index contributed by atoms with van der Waals surface area (Å²) in [5.74, 6) is -0.00953. The lowest BCUT2D eigenvalue weighted by molar-refractivity contribution is 0.483. The molecule has 0 fully saturated rings. The number of rotatable bonds is 3. The van der Waals surface area contributed by atoms with E-state index in [2.05, 4.69) is 25.9 Å². The Balaban J connectivity index is 2.77. The summed E-state index contributed by atoms with van der Waals surface area (Å²) in [6.07, 6.45) is 0.874. The van der Waals surface area contributed by atoms with Gasteiger partial charge in [-0.2, -0.15) is 5.10 Å². The van der Waals surface area contributed by atoms with Crippen molar-refractivity contribution >= 4 is 17.4 Å². The first kappa shape index (κ1) is 14.9. The van der Waals surface area contributed by atoms with Crippen molar-refractivity contribution in [3.05, 3.63) is 34.7 Å². The molecular weight excluding hydrogens is 277 g/mol. The summed E-state index contributed by atoms with van der Waals surface area (Å²) in [5.41, 5.74) is 7.73. The van der Waals surface area contributed by atoms with Crippen LogP contribution in [-0.4, -0.2) is 9.78 Å². The molecule has 20 heavy (non-hydrogen) atoms. The van der Waals surface area contributed by atoms with E-state index in [9.17, 15) is 4.39 Å². The molecule has 0 aliphatic heterocycles. The van der Waals surface area contributed by atoms with Gasteiger partial charge in [0.05, 0.1) is 16.3 Å². The van der Waals surface area contributed by atoms with Crippen molar-refractivity contribution in [2.45, 2.75) is 32.6 Å². The summed E-state index contributed by atoms with van der Waals surface area (Å²) >= 11 is 5.88. The standard InChI is InChI=1S/C15H19ClFN3/c1-5-15(2,3)13-11(14(18)20(4)19-13)9-7-6-8-10(16)12(9)17/h6-8H,5,18H2,1-4H3. The predicted octanol–water partition coefficient (Wildman–Crippen LogP) is 4.15. The Morgan fingerprint density at radius 3 is 2.65 bits per heavy atom. The van der Waals surface area contributed by atoms with Gasteiger partial charge in [0.1, 0.15) is 11.6 Å². The zero-order valence-electron chi connectivity index (χ0n) is 12.2. The molecule has 2 aromatic rings. The monoisotopic (exact) mass is 295 g/mol. The molecule has 1 heterocycles. The second-order valence-electron chi connectivity index (χ2n) is 5.57. The van der Waals surface area contributed by atoms with Crippen LogP contribution in [0.25, 0.3) is 11.1 Å². The molecule has 0 bridgehead atoms. The van der Waals surface area contributed by atoms with E-state index < -0.39 is 5.82 Å². The minimum absolute atomic E-state index is 0.0889. The summed E-state index contributed by atoms with van der Waals surface area (Å²) in [4.78, 5) is 0. The molecule has 2 rings (SSSR count). The average molecular weight is 296 g/mol. The Kier molecular flexibility index (Phi) is 3.78. The lowest BCUT2D eigenvalue weighted by atomic mass is 9.82. The van der Waals surface area contributed by atoms with Crippen molar-refractivity contribution < 1.29 is 4.39 Å². The van der Waals surface area contributed by atoms with E-state index in [1.165, 1.54) is 6.07 Å². The number of nitrogens with two attached hydrogens (primary N) is 1. The number of benzene rings is 1. The van der Waals surface area contributed by atoms with Crippen molar-refractivity contribution in [3.63, 3.8) is 0 Å². The summed E-state index contributed by atoms with van der Waals surface area (Å²) in [7, 11) is 1.76. The topological polar surface area (TPSA) is 43.8 Å². The summed E-state index contributed by atoms with van der Waals surface area (Å²) in [6, 6.07) is 4.93. The molecule has 0 aliphatic rings. The van der Waals surface area contributed by atoms with Gasteiger partial charge in [-0.1, -0.05) is 44.5 Å². The third-order valence-corrected chi connectivity index (χ3v) is 4.13. The van der Waals surface area contributed by atoms with E-state index in [-0.39, 0.29) is 10.4 Å². The van der Waals surface area contributed by atoms with Crippen LogP contribution in [-0.2, 0) is 12.5 Å². The van der Waals surface area contributed by atoms with Crippen LogP contribution < -0.4 is 5.73 Å². The van der Waals surface area contributed by atoms with Crippen LogP contribution in [0, 0.1) is 5.82 Å². The van der Waals surface area contributed by atoms with Crippen LogP contribution >= 0.6 is 11.6 Å². The molecule has 3 nitrogen and oxygen atoms in total. The normalized spacial score (nSPS) is 11.9. The molecule has 0 unspecified atom stereocenters. The van der Waals surface area contributed by atoms with Gasteiger partial charge in [0.2, 0.25) is 0 Å². The number of aryl methyl sites for hydroxylation is 1. The van der Waals surface area contributed by atoms with Gasteiger partial charge in [-0.15, -0.1) is 0 Å². The fourth-order valence-electron chi connectivity index (χ4n) is 2.14. The fourth-order valence-corrected chi connectivity index (χ4v) is 2.32. The molecule has 1 aromatic heterocycles. The SMILES string of the molecule is CCC(C)(C)c1nn(C)c(N)c1-c1cccc(Cl)c1F.